The Balaban J connectivity index is 2.16. The Morgan fingerprint density at radius 2 is 2.55 bits per heavy atom. The molecule has 0 aromatic heterocycles. The second kappa shape index (κ2) is 4.46. The molecule has 1 aliphatic rings. The summed E-state index contributed by atoms with van der Waals surface area (Å²) in [5.41, 5.74) is 0. The zero-order chi connectivity index (χ0) is 8.10. The number of rotatable bonds is 3. The van der Waals surface area contributed by atoms with Crippen molar-refractivity contribution < 1.29 is 4.79 Å². The average Bonchev–Trinajstić information content (AvgIpc) is 2.37. The number of hydrogen-bond acceptors (Lipinski definition) is 2. The molecule has 1 nitrogen and oxygen atoms in total. The summed E-state index contributed by atoms with van der Waals surface area (Å²) in [5, 5.41) is 0. The van der Waals surface area contributed by atoms with Crippen LogP contribution in [-0.4, -0.2) is 17.3 Å². The molecule has 1 heterocycles. The van der Waals surface area contributed by atoms with Crippen molar-refractivity contribution in [1.82, 2.24) is 0 Å². The van der Waals surface area contributed by atoms with Gasteiger partial charge < -0.3 is 0 Å². The van der Waals surface area contributed by atoms with Crippen molar-refractivity contribution in [2.45, 2.75) is 19.3 Å². The third-order valence-corrected chi connectivity index (χ3v) is 3.02. The van der Waals surface area contributed by atoms with Crippen molar-refractivity contribution in [3.8, 4) is 12.3 Å². The Bertz CT molecular complexity index is 180. The standard InChI is InChI=1S/C9H12OS/c1-2-3-4-5-8-6-11-7-9(8)10/h1,8H,3-7H2. The molecular formula is C9H12OS. The predicted molar refractivity (Wildman–Crippen MR) is 48.5 cm³/mol. The normalized spacial score (nSPS) is 23.5. The predicted octanol–water partition coefficient (Wildman–Crippen LogP) is 1.72. The van der Waals surface area contributed by atoms with Crippen LogP contribution >= 0.6 is 11.8 Å². The van der Waals surface area contributed by atoms with E-state index in [9.17, 15) is 4.79 Å². The Kier molecular flexibility index (Phi) is 3.51. The molecule has 0 radical (unpaired) electrons. The molecule has 11 heavy (non-hydrogen) atoms. The fourth-order valence-corrected chi connectivity index (χ4v) is 2.40. The van der Waals surface area contributed by atoms with Crippen LogP contribution in [0.3, 0.4) is 0 Å². The molecule has 1 unspecified atom stereocenters. The fourth-order valence-electron chi connectivity index (χ4n) is 1.21. The van der Waals surface area contributed by atoms with Gasteiger partial charge in [-0.1, -0.05) is 0 Å². The molecule has 0 aromatic carbocycles. The van der Waals surface area contributed by atoms with E-state index in [0.29, 0.717) is 11.7 Å². The van der Waals surface area contributed by atoms with Crippen molar-refractivity contribution in [3.05, 3.63) is 0 Å². The Labute approximate surface area is 71.9 Å². The first-order chi connectivity index (χ1) is 5.34. The molecule has 60 valence electrons. The summed E-state index contributed by atoms with van der Waals surface area (Å²) in [6.07, 6.45) is 7.93. The summed E-state index contributed by atoms with van der Waals surface area (Å²) in [6, 6.07) is 0. The van der Waals surface area contributed by atoms with E-state index in [4.69, 9.17) is 6.42 Å². The highest BCUT2D eigenvalue weighted by Gasteiger charge is 2.23. The number of carbonyl (C=O) groups excluding carboxylic acids is 1. The summed E-state index contributed by atoms with van der Waals surface area (Å²) in [4.78, 5) is 11.1. The van der Waals surface area contributed by atoms with Crippen LogP contribution in [0.2, 0.25) is 0 Å². The molecule has 0 aliphatic carbocycles. The Hall–Kier alpha value is -0.420. The van der Waals surface area contributed by atoms with Gasteiger partial charge in [-0.25, -0.2) is 0 Å². The van der Waals surface area contributed by atoms with Crippen molar-refractivity contribution >= 4 is 17.5 Å². The van der Waals surface area contributed by atoms with Gasteiger partial charge in [-0.05, 0) is 12.8 Å². The molecule has 0 N–H and O–H groups in total. The second-order valence-electron chi connectivity index (χ2n) is 2.77. The maximum absolute atomic E-state index is 11.1. The van der Waals surface area contributed by atoms with Crippen LogP contribution in [0.25, 0.3) is 0 Å². The van der Waals surface area contributed by atoms with Crippen LogP contribution in [0.1, 0.15) is 19.3 Å². The van der Waals surface area contributed by atoms with Crippen LogP contribution < -0.4 is 0 Å². The SMILES string of the molecule is C#CCCCC1CSCC1=O. The molecule has 0 saturated carbocycles. The molecule has 2 heteroatoms. The van der Waals surface area contributed by atoms with E-state index in [1.807, 2.05) is 0 Å². The molecule has 1 saturated heterocycles. The lowest BCUT2D eigenvalue weighted by Gasteiger charge is -2.03. The second-order valence-corrected chi connectivity index (χ2v) is 3.80. The number of hydrogen-bond donors (Lipinski definition) is 0. The van der Waals surface area contributed by atoms with E-state index < -0.39 is 0 Å². The summed E-state index contributed by atoms with van der Waals surface area (Å²) >= 11 is 1.75. The fraction of sp³-hybridized carbons (Fsp3) is 0.667. The maximum Gasteiger partial charge on any atom is 0.146 e. The van der Waals surface area contributed by atoms with Crippen LogP contribution in [0.4, 0.5) is 0 Å². The van der Waals surface area contributed by atoms with Gasteiger partial charge in [-0.2, -0.15) is 11.8 Å². The largest absolute Gasteiger partial charge is 0.298 e. The molecule has 1 fully saturated rings. The summed E-state index contributed by atoms with van der Waals surface area (Å²) in [5.74, 6) is 5.07. The third-order valence-electron chi connectivity index (χ3n) is 1.89. The minimum Gasteiger partial charge on any atom is -0.298 e. The van der Waals surface area contributed by atoms with Crippen LogP contribution in [0.15, 0.2) is 0 Å². The van der Waals surface area contributed by atoms with Gasteiger partial charge >= 0.3 is 0 Å². The van der Waals surface area contributed by atoms with E-state index in [2.05, 4.69) is 5.92 Å². The Morgan fingerprint density at radius 1 is 1.73 bits per heavy atom. The van der Waals surface area contributed by atoms with E-state index >= 15 is 0 Å². The minimum atomic E-state index is 0.313. The zero-order valence-electron chi connectivity index (χ0n) is 6.51. The smallest absolute Gasteiger partial charge is 0.146 e. The molecule has 1 atom stereocenters. The number of unbranched alkanes of at least 4 members (excludes halogenated alkanes) is 1. The molecule has 0 spiro atoms. The van der Waals surface area contributed by atoms with Crippen molar-refractivity contribution in [2.75, 3.05) is 11.5 Å². The first kappa shape index (κ1) is 8.67. The summed E-state index contributed by atoms with van der Waals surface area (Å²) in [7, 11) is 0. The monoisotopic (exact) mass is 168 g/mol. The van der Waals surface area contributed by atoms with E-state index in [1.54, 1.807) is 11.8 Å². The van der Waals surface area contributed by atoms with E-state index in [1.165, 1.54) is 0 Å². The number of thioether (sulfide) groups is 1. The highest BCUT2D eigenvalue weighted by atomic mass is 32.2. The van der Waals surface area contributed by atoms with Gasteiger partial charge in [0.2, 0.25) is 0 Å². The molecule has 0 amide bonds. The average molecular weight is 168 g/mol. The van der Waals surface area contributed by atoms with Crippen LogP contribution in [0, 0.1) is 18.3 Å². The van der Waals surface area contributed by atoms with Crippen molar-refractivity contribution in [2.24, 2.45) is 5.92 Å². The van der Waals surface area contributed by atoms with Gasteiger partial charge in [0.1, 0.15) is 5.78 Å². The van der Waals surface area contributed by atoms with Crippen molar-refractivity contribution in [1.29, 1.82) is 0 Å². The van der Waals surface area contributed by atoms with Gasteiger partial charge in [0.25, 0.3) is 0 Å². The number of terminal acetylenes is 1. The summed E-state index contributed by atoms with van der Waals surface area (Å²) < 4.78 is 0. The molecule has 1 aliphatic heterocycles. The summed E-state index contributed by atoms with van der Waals surface area (Å²) in [6.45, 7) is 0. The minimum absolute atomic E-state index is 0.313. The zero-order valence-corrected chi connectivity index (χ0v) is 7.32. The highest BCUT2D eigenvalue weighted by molar-refractivity contribution is 8.00. The molecule has 1 rings (SSSR count). The lowest BCUT2D eigenvalue weighted by Crippen LogP contribution is -2.10. The van der Waals surface area contributed by atoms with Crippen LogP contribution in [-0.2, 0) is 4.79 Å². The van der Waals surface area contributed by atoms with Gasteiger partial charge in [0.15, 0.2) is 0 Å². The lowest BCUT2D eigenvalue weighted by atomic mass is 10.0. The van der Waals surface area contributed by atoms with Crippen LogP contribution in [0.5, 0.6) is 0 Å². The van der Waals surface area contributed by atoms with Gasteiger partial charge in [-0.15, -0.1) is 12.3 Å². The third kappa shape index (κ3) is 2.59. The molecular weight excluding hydrogens is 156 g/mol. The van der Waals surface area contributed by atoms with Gasteiger partial charge in [0, 0.05) is 18.1 Å². The number of Topliss-reactive ketones (excluding diaryl/α,β-unsaturated/α-hetero) is 1. The quantitative estimate of drug-likeness (QED) is 0.471. The maximum atomic E-state index is 11.1. The van der Waals surface area contributed by atoms with Gasteiger partial charge in [0.05, 0.1) is 5.75 Å². The molecule has 0 bridgehead atoms. The van der Waals surface area contributed by atoms with E-state index in [-0.39, 0.29) is 0 Å². The number of ketones is 1. The Morgan fingerprint density at radius 3 is 3.09 bits per heavy atom. The highest BCUT2D eigenvalue weighted by Crippen LogP contribution is 2.24. The topological polar surface area (TPSA) is 17.1 Å². The first-order valence-corrected chi connectivity index (χ1v) is 5.04. The van der Waals surface area contributed by atoms with Gasteiger partial charge in [-0.3, -0.25) is 4.79 Å². The van der Waals surface area contributed by atoms with E-state index in [0.717, 1.165) is 30.8 Å². The first-order valence-electron chi connectivity index (χ1n) is 3.88. The lowest BCUT2D eigenvalue weighted by molar-refractivity contribution is -0.119. The van der Waals surface area contributed by atoms with Crippen molar-refractivity contribution in [3.63, 3.8) is 0 Å². The molecule has 0 aromatic rings. The number of carbonyl (C=O) groups is 1.